The molecule has 0 saturated carbocycles. The van der Waals surface area contributed by atoms with Crippen molar-refractivity contribution >= 4 is 17.7 Å². The van der Waals surface area contributed by atoms with Crippen LogP contribution in [0.1, 0.15) is 27.6 Å². The zero-order valence-electron chi connectivity index (χ0n) is 10.4. The number of hydrogen-bond acceptors (Lipinski definition) is 5. The molecule has 1 N–H and O–H groups in total. The molecule has 6 nitrogen and oxygen atoms in total. The number of nitrogens with one attached hydrogen (secondary N) is 1. The Morgan fingerprint density at radius 3 is 2.95 bits per heavy atom. The summed E-state index contributed by atoms with van der Waals surface area (Å²) in [5, 5.41) is 2.63. The van der Waals surface area contributed by atoms with Gasteiger partial charge in [0, 0.05) is 5.56 Å². The van der Waals surface area contributed by atoms with Gasteiger partial charge in [-0.3, -0.25) is 9.59 Å². The maximum Gasteiger partial charge on any atom is 0.379 e. The fraction of sp³-hybridized carbons (Fsp3) is 0.308. The van der Waals surface area contributed by atoms with Gasteiger partial charge in [-0.1, -0.05) is 0 Å². The van der Waals surface area contributed by atoms with Crippen LogP contribution in [0.15, 0.2) is 18.2 Å². The summed E-state index contributed by atoms with van der Waals surface area (Å²) in [7, 11) is 0. The van der Waals surface area contributed by atoms with Crippen LogP contribution in [0.2, 0.25) is 0 Å². The van der Waals surface area contributed by atoms with Gasteiger partial charge in [0.1, 0.15) is 12.4 Å². The first kappa shape index (κ1) is 13.1. The van der Waals surface area contributed by atoms with Crippen LogP contribution in [0.4, 0.5) is 0 Å². The molecular formula is C13H13NO5. The Bertz CT molecular complexity index is 538. The van der Waals surface area contributed by atoms with Gasteiger partial charge in [-0.2, -0.15) is 0 Å². The molecule has 6 heteroatoms. The van der Waals surface area contributed by atoms with Gasteiger partial charge >= 0.3 is 5.97 Å². The summed E-state index contributed by atoms with van der Waals surface area (Å²) in [6, 6.07) is 4.29. The molecule has 1 amide bonds. The predicted molar refractivity (Wildman–Crippen MR) is 65.2 cm³/mol. The topological polar surface area (TPSA) is 81.7 Å². The summed E-state index contributed by atoms with van der Waals surface area (Å²) in [6.45, 7) is 2.50. The lowest BCUT2D eigenvalue weighted by Gasteiger charge is -2.07. The van der Waals surface area contributed by atoms with E-state index in [0.717, 1.165) is 0 Å². The van der Waals surface area contributed by atoms with Crippen LogP contribution in [-0.4, -0.2) is 37.4 Å². The molecule has 0 radical (unpaired) electrons. The van der Waals surface area contributed by atoms with Gasteiger partial charge in [-0.05, 0) is 25.1 Å². The van der Waals surface area contributed by atoms with Crippen LogP contribution in [0.5, 0.6) is 5.75 Å². The molecule has 1 heterocycles. The highest BCUT2D eigenvalue weighted by molar-refractivity contribution is 6.40. The van der Waals surface area contributed by atoms with Gasteiger partial charge in [0.15, 0.2) is 0 Å². The Morgan fingerprint density at radius 1 is 1.42 bits per heavy atom. The number of hydrogen-bond donors (Lipinski definition) is 1. The van der Waals surface area contributed by atoms with E-state index in [-0.39, 0.29) is 23.6 Å². The van der Waals surface area contributed by atoms with E-state index in [1.165, 1.54) is 18.2 Å². The Hall–Kier alpha value is -2.37. The van der Waals surface area contributed by atoms with Gasteiger partial charge in [-0.15, -0.1) is 0 Å². The minimum absolute atomic E-state index is 0.109. The van der Waals surface area contributed by atoms with E-state index >= 15 is 0 Å². The van der Waals surface area contributed by atoms with Crippen LogP contribution in [0, 0.1) is 0 Å². The van der Waals surface area contributed by atoms with Crippen LogP contribution in [-0.2, 0) is 9.53 Å². The monoisotopic (exact) mass is 263 g/mol. The van der Waals surface area contributed by atoms with Crippen molar-refractivity contribution in [3.8, 4) is 5.75 Å². The molecule has 2 rings (SSSR count). The van der Waals surface area contributed by atoms with Crippen molar-refractivity contribution in [3.63, 3.8) is 0 Å². The standard InChI is InChI=1S/C13H13NO5/c1-2-18-13(17)11(15)8-3-4-10-9(7-8)12(16)14-5-6-19-10/h3-4,7H,2,5-6H2,1H3,(H,14,16). The molecule has 0 fully saturated rings. The number of Topliss-reactive ketones (excluding diaryl/α,β-unsaturated/α-hetero) is 1. The van der Waals surface area contributed by atoms with Gasteiger partial charge in [-0.25, -0.2) is 4.79 Å². The van der Waals surface area contributed by atoms with Gasteiger partial charge < -0.3 is 14.8 Å². The third-order valence-corrected chi connectivity index (χ3v) is 2.59. The smallest absolute Gasteiger partial charge is 0.379 e. The van der Waals surface area contributed by atoms with Crippen molar-refractivity contribution in [2.75, 3.05) is 19.8 Å². The number of fused-ring (bicyclic) bond motifs is 1. The number of rotatable bonds is 3. The van der Waals surface area contributed by atoms with Gasteiger partial charge in [0.2, 0.25) is 0 Å². The molecule has 0 aromatic heterocycles. The van der Waals surface area contributed by atoms with E-state index in [4.69, 9.17) is 4.74 Å². The second-order valence-electron chi connectivity index (χ2n) is 3.86. The molecule has 0 spiro atoms. The van der Waals surface area contributed by atoms with Crippen molar-refractivity contribution < 1.29 is 23.9 Å². The number of amides is 1. The second-order valence-corrected chi connectivity index (χ2v) is 3.86. The summed E-state index contributed by atoms with van der Waals surface area (Å²) < 4.78 is 9.98. The molecule has 0 bridgehead atoms. The largest absolute Gasteiger partial charge is 0.491 e. The number of carbonyl (C=O) groups excluding carboxylic acids is 3. The predicted octanol–water partition coefficient (Wildman–Crippen LogP) is 0.555. The van der Waals surface area contributed by atoms with Crippen LogP contribution in [0.3, 0.4) is 0 Å². The van der Waals surface area contributed by atoms with E-state index < -0.39 is 11.8 Å². The fourth-order valence-electron chi connectivity index (χ4n) is 1.71. The normalized spacial score (nSPS) is 13.6. The first-order valence-electron chi connectivity index (χ1n) is 5.90. The molecule has 0 aliphatic carbocycles. The molecule has 0 unspecified atom stereocenters. The third kappa shape index (κ3) is 2.73. The summed E-state index contributed by atoms with van der Waals surface area (Å²) in [5.41, 5.74) is 0.352. The molecule has 100 valence electrons. The lowest BCUT2D eigenvalue weighted by molar-refractivity contribution is -0.137. The number of ether oxygens (including phenoxy) is 2. The van der Waals surface area contributed by atoms with Crippen molar-refractivity contribution in [2.24, 2.45) is 0 Å². The average Bonchev–Trinajstić information content (AvgIpc) is 2.60. The summed E-state index contributed by atoms with van der Waals surface area (Å²) >= 11 is 0. The van der Waals surface area contributed by atoms with Gasteiger partial charge in [0.05, 0.1) is 18.7 Å². The molecule has 1 aromatic rings. The highest BCUT2D eigenvalue weighted by Crippen LogP contribution is 2.22. The number of esters is 1. The van der Waals surface area contributed by atoms with E-state index in [1.54, 1.807) is 6.92 Å². The van der Waals surface area contributed by atoms with E-state index in [1.807, 2.05) is 0 Å². The maximum atomic E-state index is 11.8. The van der Waals surface area contributed by atoms with Crippen LogP contribution in [0.25, 0.3) is 0 Å². The molecular weight excluding hydrogens is 250 g/mol. The second kappa shape index (κ2) is 5.51. The maximum absolute atomic E-state index is 11.8. The highest BCUT2D eigenvalue weighted by atomic mass is 16.5. The fourth-order valence-corrected chi connectivity index (χ4v) is 1.71. The van der Waals surface area contributed by atoms with Crippen molar-refractivity contribution in [2.45, 2.75) is 6.92 Å². The Kier molecular flexibility index (Phi) is 3.79. The molecule has 0 saturated heterocycles. The first-order valence-corrected chi connectivity index (χ1v) is 5.90. The van der Waals surface area contributed by atoms with Crippen molar-refractivity contribution in [1.29, 1.82) is 0 Å². The van der Waals surface area contributed by atoms with Crippen LogP contribution < -0.4 is 10.1 Å². The Labute approximate surface area is 109 Å². The summed E-state index contributed by atoms with van der Waals surface area (Å²) in [4.78, 5) is 34.9. The lowest BCUT2D eigenvalue weighted by Crippen LogP contribution is -2.24. The SMILES string of the molecule is CCOC(=O)C(=O)c1ccc2c(c1)C(=O)NCCO2. The number of ketones is 1. The minimum Gasteiger partial charge on any atom is -0.491 e. The Balaban J connectivity index is 2.32. The lowest BCUT2D eigenvalue weighted by atomic mass is 10.1. The zero-order chi connectivity index (χ0) is 13.8. The molecule has 1 aliphatic heterocycles. The average molecular weight is 263 g/mol. The van der Waals surface area contributed by atoms with Gasteiger partial charge in [0.25, 0.3) is 11.7 Å². The number of benzene rings is 1. The Morgan fingerprint density at radius 2 is 2.21 bits per heavy atom. The van der Waals surface area contributed by atoms with E-state index in [9.17, 15) is 14.4 Å². The quantitative estimate of drug-likeness (QED) is 0.489. The molecule has 0 atom stereocenters. The number of carbonyl (C=O) groups is 3. The van der Waals surface area contributed by atoms with Crippen molar-refractivity contribution in [1.82, 2.24) is 5.32 Å². The van der Waals surface area contributed by atoms with Crippen LogP contribution >= 0.6 is 0 Å². The summed E-state index contributed by atoms with van der Waals surface area (Å²) in [6.07, 6.45) is 0. The highest BCUT2D eigenvalue weighted by Gasteiger charge is 2.22. The summed E-state index contributed by atoms with van der Waals surface area (Å²) in [5.74, 6) is -1.64. The molecule has 19 heavy (non-hydrogen) atoms. The molecule has 1 aliphatic rings. The molecule has 1 aromatic carbocycles. The van der Waals surface area contributed by atoms with Crippen molar-refractivity contribution in [3.05, 3.63) is 29.3 Å². The third-order valence-electron chi connectivity index (χ3n) is 2.59. The van der Waals surface area contributed by atoms with E-state index in [2.05, 4.69) is 10.1 Å². The van der Waals surface area contributed by atoms with E-state index in [0.29, 0.717) is 18.9 Å². The minimum atomic E-state index is -0.933. The zero-order valence-corrected chi connectivity index (χ0v) is 10.4. The first-order chi connectivity index (χ1) is 9.13.